The number of fused-ring (bicyclic) bond motifs is 1. The van der Waals surface area contributed by atoms with E-state index in [1.807, 2.05) is 12.1 Å². The van der Waals surface area contributed by atoms with Crippen molar-refractivity contribution in [3.63, 3.8) is 0 Å². The molecule has 2 aliphatic rings. The van der Waals surface area contributed by atoms with E-state index in [1.54, 1.807) is 0 Å². The number of likely N-dealkylation sites (N-methyl/N-ethyl adjacent to an activating group) is 1. The number of piperidine rings is 1. The van der Waals surface area contributed by atoms with Gasteiger partial charge in [0.2, 0.25) is 0 Å². The first kappa shape index (κ1) is 13.4. The van der Waals surface area contributed by atoms with Crippen molar-refractivity contribution >= 4 is 11.4 Å². The van der Waals surface area contributed by atoms with Gasteiger partial charge in [-0.3, -0.25) is 0 Å². The molecule has 0 aromatic heterocycles. The minimum Gasteiger partial charge on any atom is -0.486 e. The van der Waals surface area contributed by atoms with E-state index in [1.165, 1.54) is 12.8 Å². The zero-order valence-electron chi connectivity index (χ0n) is 12.3. The molecule has 110 valence electrons. The standard InChI is InChI=1S/C15H23N3O2/c1-17(2)11-4-3-5-18(10-11)13-9-15-14(8-12(13)16)19-6-7-20-15/h8-9,11H,3-7,10,16H2,1-2H3. The molecule has 0 spiro atoms. The average Bonchev–Trinajstić information content (AvgIpc) is 2.46. The molecule has 2 heterocycles. The molecule has 5 heteroatoms. The number of hydrogen-bond donors (Lipinski definition) is 1. The fourth-order valence-electron chi connectivity index (χ4n) is 2.96. The van der Waals surface area contributed by atoms with Crippen LogP contribution in [0.1, 0.15) is 12.8 Å². The Labute approximate surface area is 120 Å². The molecule has 0 aliphatic carbocycles. The molecule has 20 heavy (non-hydrogen) atoms. The predicted octanol–water partition coefficient (Wildman–Crippen LogP) is 1.57. The van der Waals surface area contributed by atoms with E-state index in [4.69, 9.17) is 15.2 Å². The van der Waals surface area contributed by atoms with Crippen LogP contribution in [0, 0.1) is 0 Å². The SMILES string of the molecule is CN(C)C1CCCN(c2cc3c(cc2N)OCCO3)C1. The fraction of sp³-hybridized carbons (Fsp3) is 0.600. The summed E-state index contributed by atoms with van der Waals surface area (Å²) in [5, 5.41) is 0. The summed E-state index contributed by atoms with van der Waals surface area (Å²) in [4.78, 5) is 4.65. The van der Waals surface area contributed by atoms with E-state index >= 15 is 0 Å². The van der Waals surface area contributed by atoms with Gasteiger partial charge in [0, 0.05) is 31.3 Å². The minimum atomic E-state index is 0.580. The van der Waals surface area contributed by atoms with Gasteiger partial charge in [0.1, 0.15) is 13.2 Å². The molecule has 1 aromatic rings. The number of rotatable bonds is 2. The highest BCUT2D eigenvalue weighted by Gasteiger charge is 2.24. The van der Waals surface area contributed by atoms with Crippen LogP contribution in [-0.4, -0.2) is 51.3 Å². The monoisotopic (exact) mass is 277 g/mol. The summed E-state index contributed by atoms with van der Waals surface area (Å²) in [5.74, 6) is 1.58. The molecule has 0 radical (unpaired) electrons. The first-order valence-electron chi connectivity index (χ1n) is 7.25. The Kier molecular flexibility index (Phi) is 3.61. The fourth-order valence-corrected chi connectivity index (χ4v) is 2.96. The molecule has 0 amide bonds. The van der Waals surface area contributed by atoms with Gasteiger partial charge in [-0.1, -0.05) is 0 Å². The lowest BCUT2D eigenvalue weighted by Gasteiger charge is -2.38. The van der Waals surface area contributed by atoms with Crippen molar-refractivity contribution in [1.29, 1.82) is 0 Å². The van der Waals surface area contributed by atoms with Crippen molar-refractivity contribution in [3.05, 3.63) is 12.1 Å². The third-order valence-corrected chi connectivity index (χ3v) is 4.16. The molecule has 2 N–H and O–H groups in total. The van der Waals surface area contributed by atoms with Crippen molar-refractivity contribution in [2.24, 2.45) is 0 Å². The zero-order chi connectivity index (χ0) is 14.1. The quantitative estimate of drug-likeness (QED) is 0.832. The van der Waals surface area contributed by atoms with Gasteiger partial charge >= 0.3 is 0 Å². The van der Waals surface area contributed by atoms with Crippen LogP contribution in [0.4, 0.5) is 11.4 Å². The average molecular weight is 277 g/mol. The molecule has 1 saturated heterocycles. The lowest BCUT2D eigenvalue weighted by atomic mass is 10.0. The molecule has 3 rings (SSSR count). The first-order chi connectivity index (χ1) is 9.65. The molecule has 5 nitrogen and oxygen atoms in total. The molecule has 1 aromatic carbocycles. The molecule has 0 bridgehead atoms. The highest BCUT2D eigenvalue weighted by atomic mass is 16.6. The van der Waals surface area contributed by atoms with Gasteiger partial charge in [-0.25, -0.2) is 0 Å². The maximum absolute atomic E-state index is 6.21. The Morgan fingerprint density at radius 1 is 1.20 bits per heavy atom. The molecule has 1 fully saturated rings. The van der Waals surface area contributed by atoms with E-state index in [0.717, 1.165) is 36.0 Å². The van der Waals surface area contributed by atoms with Crippen LogP contribution in [0.15, 0.2) is 12.1 Å². The largest absolute Gasteiger partial charge is 0.486 e. The maximum atomic E-state index is 6.21. The van der Waals surface area contributed by atoms with Gasteiger partial charge in [0.05, 0.1) is 11.4 Å². The lowest BCUT2D eigenvalue weighted by molar-refractivity contribution is 0.171. The third-order valence-electron chi connectivity index (χ3n) is 4.16. The van der Waals surface area contributed by atoms with Crippen LogP contribution in [0.5, 0.6) is 11.5 Å². The van der Waals surface area contributed by atoms with E-state index in [-0.39, 0.29) is 0 Å². The van der Waals surface area contributed by atoms with Gasteiger partial charge in [-0.15, -0.1) is 0 Å². The molecular formula is C15H23N3O2. The number of ether oxygens (including phenoxy) is 2. The maximum Gasteiger partial charge on any atom is 0.163 e. The summed E-state index contributed by atoms with van der Waals surface area (Å²) in [6, 6.07) is 4.50. The van der Waals surface area contributed by atoms with E-state index < -0.39 is 0 Å². The number of hydrogen-bond acceptors (Lipinski definition) is 5. The first-order valence-corrected chi connectivity index (χ1v) is 7.25. The second-order valence-corrected chi connectivity index (χ2v) is 5.76. The van der Waals surface area contributed by atoms with Gasteiger partial charge in [0.25, 0.3) is 0 Å². The van der Waals surface area contributed by atoms with Crippen LogP contribution in [0.25, 0.3) is 0 Å². The Morgan fingerprint density at radius 3 is 2.60 bits per heavy atom. The molecule has 0 saturated carbocycles. The molecule has 1 unspecified atom stereocenters. The van der Waals surface area contributed by atoms with Gasteiger partial charge in [0.15, 0.2) is 11.5 Å². The normalized spacial score (nSPS) is 22.1. The van der Waals surface area contributed by atoms with Gasteiger partial charge in [-0.05, 0) is 26.9 Å². The second kappa shape index (κ2) is 5.40. The summed E-state index contributed by atoms with van der Waals surface area (Å²) in [6.45, 7) is 3.26. The van der Waals surface area contributed by atoms with Crippen molar-refractivity contribution in [1.82, 2.24) is 4.90 Å². The van der Waals surface area contributed by atoms with E-state index in [0.29, 0.717) is 19.3 Å². The molecule has 1 atom stereocenters. The number of nitrogen functional groups attached to an aromatic ring is 1. The summed E-state index contributed by atoms with van der Waals surface area (Å²) < 4.78 is 11.2. The van der Waals surface area contributed by atoms with Crippen LogP contribution >= 0.6 is 0 Å². The summed E-state index contributed by atoms with van der Waals surface area (Å²) in [6.07, 6.45) is 2.44. The molecular weight excluding hydrogens is 254 g/mol. The van der Waals surface area contributed by atoms with Crippen molar-refractivity contribution in [3.8, 4) is 11.5 Å². The number of nitrogens with two attached hydrogens (primary N) is 1. The Hall–Kier alpha value is -1.62. The summed E-state index contributed by atoms with van der Waals surface area (Å²) in [7, 11) is 4.28. The summed E-state index contributed by atoms with van der Waals surface area (Å²) in [5.41, 5.74) is 8.05. The van der Waals surface area contributed by atoms with Crippen LogP contribution in [-0.2, 0) is 0 Å². The summed E-state index contributed by atoms with van der Waals surface area (Å²) >= 11 is 0. The topological polar surface area (TPSA) is 51.0 Å². The predicted molar refractivity (Wildman–Crippen MR) is 80.8 cm³/mol. The zero-order valence-corrected chi connectivity index (χ0v) is 12.3. The highest BCUT2D eigenvalue weighted by molar-refractivity contribution is 5.73. The van der Waals surface area contributed by atoms with Crippen LogP contribution in [0.2, 0.25) is 0 Å². The second-order valence-electron chi connectivity index (χ2n) is 5.76. The van der Waals surface area contributed by atoms with Crippen molar-refractivity contribution in [2.75, 3.05) is 51.0 Å². The van der Waals surface area contributed by atoms with Crippen LogP contribution < -0.4 is 20.1 Å². The van der Waals surface area contributed by atoms with Crippen molar-refractivity contribution < 1.29 is 9.47 Å². The number of anilines is 2. The number of nitrogens with zero attached hydrogens (tertiary/aromatic N) is 2. The minimum absolute atomic E-state index is 0.580. The van der Waals surface area contributed by atoms with E-state index in [9.17, 15) is 0 Å². The lowest BCUT2D eigenvalue weighted by Crippen LogP contribution is -2.45. The smallest absolute Gasteiger partial charge is 0.163 e. The Balaban J connectivity index is 1.85. The van der Waals surface area contributed by atoms with Crippen molar-refractivity contribution in [2.45, 2.75) is 18.9 Å². The highest BCUT2D eigenvalue weighted by Crippen LogP contribution is 2.39. The van der Waals surface area contributed by atoms with Gasteiger partial charge in [-0.2, -0.15) is 0 Å². The Morgan fingerprint density at radius 2 is 1.90 bits per heavy atom. The molecule has 2 aliphatic heterocycles. The third kappa shape index (κ3) is 2.50. The van der Waals surface area contributed by atoms with Gasteiger partial charge < -0.3 is 25.0 Å². The van der Waals surface area contributed by atoms with Crippen LogP contribution in [0.3, 0.4) is 0 Å². The number of benzene rings is 1. The Bertz CT molecular complexity index is 490. The van der Waals surface area contributed by atoms with E-state index in [2.05, 4.69) is 23.9 Å².